The van der Waals surface area contributed by atoms with Crippen molar-refractivity contribution in [1.82, 2.24) is 10.2 Å². The van der Waals surface area contributed by atoms with Crippen LogP contribution in [0.2, 0.25) is 0 Å². The van der Waals surface area contributed by atoms with Crippen LogP contribution in [0.1, 0.15) is 72.3 Å². The van der Waals surface area contributed by atoms with E-state index in [0.29, 0.717) is 46.2 Å². The summed E-state index contributed by atoms with van der Waals surface area (Å²) >= 11 is 4.76. The molecule has 0 saturated heterocycles. The van der Waals surface area contributed by atoms with E-state index < -0.39 is 11.9 Å². The van der Waals surface area contributed by atoms with Crippen molar-refractivity contribution in [3.05, 3.63) is 73.0 Å². The summed E-state index contributed by atoms with van der Waals surface area (Å²) in [5, 5.41) is 10.1. The van der Waals surface area contributed by atoms with Crippen molar-refractivity contribution in [3.63, 3.8) is 0 Å². The maximum absolute atomic E-state index is 13.8. The van der Waals surface area contributed by atoms with Crippen LogP contribution in [-0.4, -0.2) is 29.8 Å². The number of nitrogens with zero attached hydrogens (tertiary/aromatic N) is 3. The van der Waals surface area contributed by atoms with E-state index in [-0.39, 0.29) is 16.8 Å². The Balaban J connectivity index is 1.62. The molecule has 3 heterocycles. The molecule has 198 valence electrons. The third-order valence-electron chi connectivity index (χ3n) is 6.56. The van der Waals surface area contributed by atoms with Gasteiger partial charge in [-0.3, -0.25) is 14.5 Å². The first-order chi connectivity index (χ1) is 18.5. The smallest absolute Gasteiger partial charge is 0.297 e. The SMILES string of the molecule is CCCCCCOc1ccc(C2c3c(oc4ccc(Br)cc4c3=O)C(=O)N2c2nnc(CC)s2)cc1OC. The van der Waals surface area contributed by atoms with E-state index in [2.05, 4.69) is 33.1 Å². The molecule has 1 atom stereocenters. The van der Waals surface area contributed by atoms with Gasteiger partial charge in [0, 0.05) is 4.47 Å². The lowest BCUT2D eigenvalue weighted by Crippen LogP contribution is -2.29. The van der Waals surface area contributed by atoms with Crippen LogP contribution in [0.5, 0.6) is 11.5 Å². The number of carbonyl (C=O) groups is 1. The third-order valence-corrected chi connectivity index (χ3v) is 8.12. The highest BCUT2D eigenvalue weighted by atomic mass is 79.9. The van der Waals surface area contributed by atoms with Crippen LogP contribution in [0.4, 0.5) is 5.13 Å². The Kier molecular flexibility index (Phi) is 7.80. The molecule has 2 aromatic carbocycles. The largest absolute Gasteiger partial charge is 0.493 e. The average Bonchev–Trinajstić information content (AvgIpc) is 3.51. The highest BCUT2D eigenvalue weighted by Crippen LogP contribution is 2.44. The molecule has 1 unspecified atom stereocenters. The Hall–Kier alpha value is -3.24. The van der Waals surface area contributed by atoms with Crippen LogP contribution in [-0.2, 0) is 6.42 Å². The van der Waals surface area contributed by atoms with Crippen molar-refractivity contribution in [1.29, 1.82) is 0 Å². The van der Waals surface area contributed by atoms with Gasteiger partial charge in [0.05, 0.1) is 30.7 Å². The van der Waals surface area contributed by atoms with E-state index in [9.17, 15) is 9.59 Å². The van der Waals surface area contributed by atoms with Crippen LogP contribution in [0.15, 0.2) is 50.1 Å². The number of methoxy groups -OCH3 is 1. The van der Waals surface area contributed by atoms with Crippen LogP contribution in [0.25, 0.3) is 11.0 Å². The molecular formula is C28H28BrN3O5S. The summed E-state index contributed by atoms with van der Waals surface area (Å²) < 4.78 is 18.4. The molecule has 0 bridgehead atoms. The predicted molar refractivity (Wildman–Crippen MR) is 151 cm³/mol. The predicted octanol–water partition coefficient (Wildman–Crippen LogP) is 6.69. The molecule has 0 saturated carbocycles. The van der Waals surface area contributed by atoms with Gasteiger partial charge >= 0.3 is 0 Å². The van der Waals surface area contributed by atoms with Gasteiger partial charge in [0.25, 0.3) is 5.91 Å². The zero-order valence-corrected chi connectivity index (χ0v) is 23.9. The fourth-order valence-corrected chi connectivity index (χ4v) is 5.79. The lowest BCUT2D eigenvalue weighted by molar-refractivity contribution is 0.0970. The van der Waals surface area contributed by atoms with E-state index in [1.807, 2.05) is 25.1 Å². The number of unbranched alkanes of at least 4 members (excludes halogenated alkanes) is 3. The molecule has 38 heavy (non-hydrogen) atoms. The Bertz CT molecular complexity index is 1550. The minimum Gasteiger partial charge on any atom is -0.493 e. The summed E-state index contributed by atoms with van der Waals surface area (Å²) in [6.45, 7) is 4.73. The van der Waals surface area contributed by atoms with Crippen molar-refractivity contribution < 1.29 is 18.7 Å². The number of amides is 1. The summed E-state index contributed by atoms with van der Waals surface area (Å²) in [5.41, 5.74) is 1.03. The Labute approximate surface area is 232 Å². The number of benzene rings is 2. The maximum atomic E-state index is 13.8. The topological polar surface area (TPSA) is 94.8 Å². The zero-order chi connectivity index (χ0) is 26.8. The molecule has 0 fully saturated rings. The summed E-state index contributed by atoms with van der Waals surface area (Å²) in [7, 11) is 1.58. The number of aryl methyl sites for hydroxylation is 1. The first-order valence-electron chi connectivity index (χ1n) is 12.7. The number of anilines is 1. The van der Waals surface area contributed by atoms with Gasteiger partial charge in [0.15, 0.2) is 16.9 Å². The van der Waals surface area contributed by atoms with Crippen LogP contribution in [0, 0.1) is 0 Å². The van der Waals surface area contributed by atoms with Crippen LogP contribution in [0.3, 0.4) is 0 Å². The maximum Gasteiger partial charge on any atom is 0.297 e. The number of hydrogen-bond donors (Lipinski definition) is 0. The lowest BCUT2D eigenvalue weighted by Gasteiger charge is -2.23. The molecular weight excluding hydrogens is 570 g/mol. The first-order valence-corrected chi connectivity index (χ1v) is 14.3. The standard InChI is InChI=1S/C28H28BrN3O5S/c1-4-6-7-8-13-36-20-11-9-16(14-21(20)35-3)24-23-25(33)18-15-17(29)10-12-19(18)37-26(23)27(34)32(24)28-31-30-22(5-2)38-28/h9-12,14-15,24H,4-8,13H2,1-3H3. The first kappa shape index (κ1) is 26.4. The van der Waals surface area contributed by atoms with Gasteiger partial charge in [0.2, 0.25) is 10.9 Å². The van der Waals surface area contributed by atoms with Gasteiger partial charge in [-0.2, -0.15) is 0 Å². The summed E-state index contributed by atoms with van der Waals surface area (Å²) in [6.07, 6.45) is 5.07. The molecule has 8 nitrogen and oxygen atoms in total. The number of fused-ring (bicyclic) bond motifs is 2. The fraction of sp³-hybridized carbons (Fsp3) is 0.357. The van der Waals surface area contributed by atoms with Gasteiger partial charge in [-0.1, -0.05) is 66.4 Å². The average molecular weight is 599 g/mol. The normalized spacial score (nSPS) is 14.8. The molecule has 0 N–H and O–H groups in total. The van der Waals surface area contributed by atoms with Gasteiger partial charge in [-0.15, -0.1) is 10.2 Å². The van der Waals surface area contributed by atoms with Crippen LogP contribution < -0.4 is 19.8 Å². The Morgan fingerprint density at radius 2 is 1.89 bits per heavy atom. The van der Waals surface area contributed by atoms with E-state index in [1.54, 1.807) is 25.3 Å². The van der Waals surface area contributed by atoms with E-state index in [0.717, 1.165) is 28.7 Å². The summed E-state index contributed by atoms with van der Waals surface area (Å²) in [5.74, 6) is 0.722. The van der Waals surface area contributed by atoms with Gasteiger partial charge in [0.1, 0.15) is 10.6 Å². The number of hydrogen-bond acceptors (Lipinski definition) is 8. The lowest BCUT2D eigenvalue weighted by atomic mass is 9.98. The third kappa shape index (κ3) is 4.82. The van der Waals surface area contributed by atoms with E-state index >= 15 is 0 Å². The number of aromatic nitrogens is 2. The highest BCUT2D eigenvalue weighted by molar-refractivity contribution is 9.10. The highest BCUT2D eigenvalue weighted by Gasteiger charge is 2.45. The van der Waals surface area contributed by atoms with Gasteiger partial charge in [-0.05, 0) is 48.7 Å². The molecule has 1 aliphatic heterocycles. The number of carbonyl (C=O) groups excluding carboxylic acids is 1. The Morgan fingerprint density at radius 1 is 1.05 bits per heavy atom. The molecule has 0 aliphatic carbocycles. The number of halogens is 1. The van der Waals surface area contributed by atoms with Crippen molar-refractivity contribution in [3.8, 4) is 11.5 Å². The number of rotatable bonds is 10. The second kappa shape index (κ2) is 11.2. The van der Waals surface area contributed by atoms with E-state index in [1.165, 1.54) is 22.7 Å². The summed E-state index contributed by atoms with van der Waals surface area (Å²) in [4.78, 5) is 29.1. The van der Waals surface area contributed by atoms with Crippen molar-refractivity contribution >= 4 is 49.3 Å². The van der Waals surface area contributed by atoms with Crippen molar-refractivity contribution in [2.75, 3.05) is 18.6 Å². The molecule has 0 radical (unpaired) electrons. The minimum absolute atomic E-state index is 0.0123. The second-order valence-corrected chi connectivity index (χ2v) is 11.0. The molecule has 2 aromatic heterocycles. The quantitative estimate of drug-likeness (QED) is 0.188. The molecule has 10 heteroatoms. The molecule has 5 rings (SSSR count). The van der Waals surface area contributed by atoms with Crippen molar-refractivity contribution in [2.24, 2.45) is 0 Å². The van der Waals surface area contributed by atoms with Crippen molar-refractivity contribution in [2.45, 2.75) is 52.0 Å². The zero-order valence-electron chi connectivity index (χ0n) is 21.5. The minimum atomic E-state index is -0.762. The van der Waals surface area contributed by atoms with E-state index in [4.69, 9.17) is 13.9 Å². The number of ether oxygens (including phenoxy) is 2. The fourth-order valence-electron chi connectivity index (χ4n) is 4.63. The Morgan fingerprint density at radius 3 is 2.63 bits per heavy atom. The second-order valence-electron chi connectivity index (χ2n) is 9.04. The van der Waals surface area contributed by atoms with Gasteiger partial charge < -0.3 is 13.9 Å². The molecule has 4 aromatic rings. The monoisotopic (exact) mass is 597 g/mol. The molecule has 1 amide bonds. The van der Waals surface area contributed by atoms with Gasteiger partial charge in [-0.25, -0.2) is 0 Å². The van der Waals surface area contributed by atoms with Crippen LogP contribution >= 0.6 is 27.3 Å². The summed E-state index contributed by atoms with van der Waals surface area (Å²) in [6, 6.07) is 9.90. The molecule has 0 spiro atoms. The molecule has 1 aliphatic rings.